The number of carboxylic acid groups (broad SMARTS) is 1. The number of benzene rings is 2. The molecule has 0 spiro atoms. The van der Waals surface area contributed by atoms with Crippen LogP contribution in [0, 0.1) is 13.8 Å². The lowest BCUT2D eigenvalue weighted by atomic mass is 9.64. The minimum atomic E-state index is -0.840. The summed E-state index contributed by atoms with van der Waals surface area (Å²) in [6, 6.07) is 12.8. The van der Waals surface area contributed by atoms with Crippen molar-refractivity contribution in [3.8, 4) is 11.1 Å². The van der Waals surface area contributed by atoms with E-state index in [4.69, 9.17) is 19.4 Å². The van der Waals surface area contributed by atoms with Gasteiger partial charge in [-0.2, -0.15) is 0 Å². The summed E-state index contributed by atoms with van der Waals surface area (Å²) in [5.41, 5.74) is 9.77. The summed E-state index contributed by atoms with van der Waals surface area (Å²) in [6.07, 6.45) is 4.57. The third-order valence-corrected chi connectivity index (χ3v) is 8.61. The molecule has 2 aromatic carbocycles. The smallest absolute Gasteiger partial charge is 0.307 e. The molecule has 5 rings (SSSR count). The molecule has 38 heavy (non-hydrogen) atoms. The Hall–Kier alpha value is -2.83. The van der Waals surface area contributed by atoms with Crippen LogP contribution in [0.1, 0.15) is 53.3 Å². The number of halogens is 1. The average Bonchev–Trinajstić information content (AvgIpc) is 2.87. The first-order valence-corrected chi connectivity index (χ1v) is 13.8. The minimum absolute atomic E-state index is 0.0419. The van der Waals surface area contributed by atoms with Crippen LogP contribution in [-0.4, -0.2) is 48.4 Å². The Morgan fingerprint density at radius 2 is 1.87 bits per heavy atom. The molecule has 0 bridgehead atoms. The summed E-state index contributed by atoms with van der Waals surface area (Å²) in [5.74, 6) is -0.840. The number of anilines is 1. The van der Waals surface area contributed by atoms with Gasteiger partial charge >= 0.3 is 5.97 Å². The Balaban J connectivity index is 1.46. The van der Waals surface area contributed by atoms with Gasteiger partial charge in [-0.25, -0.2) is 0 Å². The van der Waals surface area contributed by atoms with Crippen molar-refractivity contribution in [1.29, 1.82) is 0 Å². The molecule has 2 aliphatic heterocycles. The summed E-state index contributed by atoms with van der Waals surface area (Å²) in [6.45, 7) is 10.4. The van der Waals surface area contributed by atoms with Gasteiger partial charge in [0.1, 0.15) is 0 Å². The van der Waals surface area contributed by atoms with Crippen molar-refractivity contribution in [3.05, 3.63) is 81.1 Å². The maximum atomic E-state index is 11.8. The van der Waals surface area contributed by atoms with Crippen molar-refractivity contribution < 1.29 is 9.90 Å². The van der Waals surface area contributed by atoms with E-state index in [0.29, 0.717) is 0 Å². The van der Waals surface area contributed by atoms with Gasteiger partial charge in [0.25, 0.3) is 0 Å². The maximum Gasteiger partial charge on any atom is 0.307 e. The first-order valence-electron chi connectivity index (χ1n) is 13.4. The molecule has 1 aromatic heterocycles. The molecule has 1 saturated heterocycles. The van der Waals surface area contributed by atoms with Gasteiger partial charge in [0, 0.05) is 60.8 Å². The molecule has 0 amide bonds. The number of piperidine rings is 1. The summed E-state index contributed by atoms with van der Waals surface area (Å²) >= 11 is 6.51. The summed E-state index contributed by atoms with van der Waals surface area (Å²) in [7, 11) is 6.42. The van der Waals surface area contributed by atoms with Gasteiger partial charge in [0.15, 0.2) is 0 Å². The Bertz CT molecular complexity index is 1340. The highest BCUT2D eigenvalue weighted by molar-refractivity contribution is 6.31. The SMILES string of the molecule is [B]C1(C)CCN(c2c(-c3ccc4c(c3)CCN(Cc3c(C)cccc3Cl)C4)cnc(C)c2CC(=O)O)CC1. The maximum absolute atomic E-state index is 11.8. The zero-order valence-corrected chi connectivity index (χ0v) is 23.3. The second-order valence-corrected chi connectivity index (χ2v) is 11.7. The molecule has 3 heterocycles. The van der Waals surface area contributed by atoms with Gasteiger partial charge in [-0.05, 0) is 67.0 Å². The molecule has 1 N–H and O–H groups in total. The highest BCUT2D eigenvalue weighted by atomic mass is 35.5. The fourth-order valence-corrected chi connectivity index (χ4v) is 6.10. The van der Waals surface area contributed by atoms with Crippen LogP contribution in [0.15, 0.2) is 42.6 Å². The van der Waals surface area contributed by atoms with E-state index >= 15 is 0 Å². The van der Waals surface area contributed by atoms with Crippen molar-refractivity contribution in [3.63, 3.8) is 0 Å². The van der Waals surface area contributed by atoms with Gasteiger partial charge in [0.05, 0.1) is 20.0 Å². The van der Waals surface area contributed by atoms with Crippen LogP contribution in [0.25, 0.3) is 11.1 Å². The van der Waals surface area contributed by atoms with E-state index in [1.54, 1.807) is 0 Å². The fourth-order valence-electron chi connectivity index (χ4n) is 5.82. The molecule has 2 aliphatic rings. The van der Waals surface area contributed by atoms with Gasteiger partial charge in [0.2, 0.25) is 0 Å². The third-order valence-electron chi connectivity index (χ3n) is 8.26. The van der Waals surface area contributed by atoms with Gasteiger partial charge < -0.3 is 10.0 Å². The molecule has 0 aliphatic carbocycles. The zero-order valence-electron chi connectivity index (χ0n) is 22.6. The second-order valence-electron chi connectivity index (χ2n) is 11.3. The Labute approximate surface area is 232 Å². The second kappa shape index (κ2) is 10.7. The highest BCUT2D eigenvalue weighted by Crippen LogP contribution is 2.42. The van der Waals surface area contributed by atoms with Gasteiger partial charge in [-0.1, -0.05) is 54.2 Å². The molecule has 2 radical (unpaired) electrons. The molecular formula is C31H35BClN3O2. The van der Waals surface area contributed by atoms with Crippen LogP contribution < -0.4 is 4.90 Å². The molecule has 1 fully saturated rings. The molecular weight excluding hydrogens is 493 g/mol. The lowest BCUT2D eigenvalue weighted by Gasteiger charge is -2.40. The highest BCUT2D eigenvalue weighted by Gasteiger charge is 2.29. The first kappa shape index (κ1) is 26.8. The van der Waals surface area contributed by atoms with E-state index in [2.05, 4.69) is 52.9 Å². The molecule has 0 atom stereocenters. The summed E-state index contributed by atoms with van der Waals surface area (Å²) in [4.78, 5) is 21.2. The van der Waals surface area contributed by atoms with Gasteiger partial charge in [-0.15, -0.1) is 0 Å². The topological polar surface area (TPSA) is 56.7 Å². The predicted octanol–water partition coefficient (Wildman–Crippen LogP) is 6.15. The number of carboxylic acids is 1. The lowest BCUT2D eigenvalue weighted by molar-refractivity contribution is -0.136. The minimum Gasteiger partial charge on any atom is -0.481 e. The van der Waals surface area contributed by atoms with E-state index < -0.39 is 5.97 Å². The quantitative estimate of drug-likeness (QED) is 0.390. The number of hydrogen-bond donors (Lipinski definition) is 1. The molecule has 7 heteroatoms. The summed E-state index contributed by atoms with van der Waals surface area (Å²) in [5, 5.41) is 10.3. The number of aliphatic carboxylic acids is 1. The van der Waals surface area contributed by atoms with Crippen molar-refractivity contribution in [2.75, 3.05) is 24.5 Å². The number of rotatable bonds is 6. The van der Waals surface area contributed by atoms with Crippen molar-refractivity contribution in [2.45, 2.75) is 64.9 Å². The molecule has 0 unspecified atom stereocenters. The monoisotopic (exact) mass is 527 g/mol. The van der Waals surface area contributed by atoms with Crippen LogP contribution in [0.3, 0.4) is 0 Å². The molecule has 196 valence electrons. The number of fused-ring (bicyclic) bond motifs is 1. The van der Waals surface area contributed by atoms with E-state index in [1.807, 2.05) is 25.3 Å². The number of nitrogens with zero attached hydrogens (tertiary/aromatic N) is 3. The Kier molecular flexibility index (Phi) is 7.57. The molecule has 0 saturated carbocycles. The number of pyridine rings is 1. The van der Waals surface area contributed by atoms with Crippen LogP contribution >= 0.6 is 11.6 Å². The number of aryl methyl sites for hydroxylation is 2. The summed E-state index contributed by atoms with van der Waals surface area (Å²) < 4.78 is 0. The zero-order chi connectivity index (χ0) is 27.0. The van der Waals surface area contributed by atoms with E-state index in [-0.39, 0.29) is 11.7 Å². The van der Waals surface area contributed by atoms with Crippen molar-refractivity contribution >= 4 is 31.1 Å². The fraction of sp³-hybridized carbons (Fsp3) is 0.419. The Morgan fingerprint density at radius 3 is 2.58 bits per heavy atom. The van der Waals surface area contributed by atoms with Crippen LogP contribution in [-0.2, 0) is 30.7 Å². The lowest BCUT2D eigenvalue weighted by Crippen LogP contribution is -2.37. The van der Waals surface area contributed by atoms with Crippen LogP contribution in [0.2, 0.25) is 10.3 Å². The Morgan fingerprint density at radius 1 is 1.11 bits per heavy atom. The van der Waals surface area contributed by atoms with Crippen LogP contribution in [0.4, 0.5) is 5.69 Å². The molecule has 5 nitrogen and oxygen atoms in total. The van der Waals surface area contributed by atoms with Gasteiger partial charge in [-0.3, -0.25) is 14.7 Å². The number of aromatic nitrogens is 1. The standard InChI is InChI=1S/C31H35BClN3O2/c1-20-5-4-6-28(33)27(20)19-35-12-9-22-15-23(7-8-24(22)18-35)26-17-34-21(2)25(16-29(37)38)30(26)36-13-10-31(3,32)11-14-36/h4-8,15,17H,9-14,16,18-19H2,1-3H3,(H,37,38). The number of hydrogen-bond acceptors (Lipinski definition) is 4. The van der Waals surface area contributed by atoms with E-state index in [1.165, 1.54) is 22.3 Å². The van der Waals surface area contributed by atoms with Crippen LogP contribution in [0.5, 0.6) is 0 Å². The third kappa shape index (κ3) is 5.62. The average molecular weight is 528 g/mol. The predicted molar refractivity (Wildman–Crippen MR) is 155 cm³/mol. The van der Waals surface area contributed by atoms with Crippen molar-refractivity contribution in [1.82, 2.24) is 9.88 Å². The largest absolute Gasteiger partial charge is 0.481 e. The van der Waals surface area contributed by atoms with E-state index in [9.17, 15) is 9.90 Å². The van der Waals surface area contributed by atoms with Crippen molar-refractivity contribution in [2.24, 2.45) is 0 Å². The first-order chi connectivity index (χ1) is 18.1. The van der Waals surface area contributed by atoms with E-state index in [0.717, 1.165) is 85.1 Å². The normalized spacial score (nSPS) is 17.3. The molecule has 3 aromatic rings. The number of carbonyl (C=O) groups is 1.